The lowest BCUT2D eigenvalue weighted by atomic mass is 10.2. The Bertz CT molecular complexity index is 577. The molecule has 0 aliphatic carbocycles. The second-order valence-electron chi connectivity index (χ2n) is 5.41. The summed E-state index contributed by atoms with van der Waals surface area (Å²) in [5, 5.41) is 4.42. The number of aromatic nitrogens is 2. The largest absolute Gasteiger partial charge is 0.356 e. The third kappa shape index (κ3) is 3.20. The average Bonchev–Trinajstić information content (AvgIpc) is 2.75. The molecule has 0 radical (unpaired) electrons. The number of hydrogen-bond donors (Lipinski definition) is 1. The molecule has 2 heterocycles. The van der Waals surface area contributed by atoms with E-state index in [1.807, 2.05) is 0 Å². The molecule has 1 N–H and O–H groups in total. The maximum atomic E-state index is 4.74. The van der Waals surface area contributed by atoms with Crippen molar-refractivity contribution in [3.8, 4) is 0 Å². The Morgan fingerprint density at radius 1 is 1.30 bits per heavy atom. The van der Waals surface area contributed by atoms with Crippen LogP contribution in [0.5, 0.6) is 0 Å². The van der Waals surface area contributed by atoms with E-state index in [1.165, 1.54) is 10.3 Å². The van der Waals surface area contributed by atoms with Crippen LogP contribution in [-0.2, 0) is 0 Å². The van der Waals surface area contributed by atoms with Gasteiger partial charge in [0.2, 0.25) is 5.95 Å². The van der Waals surface area contributed by atoms with Crippen LogP contribution in [0.25, 0.3) is 10.2 Å². The summed E-state index contributed by atoms with van der Waals surface area (Å²) in [7, 11) is 0. The van der Waals surface area contributed by atoms with Gasteiger partial charge in [-0.05, 0) is 32.8 Å². The lowest BCUT2D eigenvalue weighted by Crippen LogP contribution is -2.28. The zero-order chi connectivity index (χ0) is 14.7. The van der Waals surface area contributed by atoms with E-state index in [-0.39, 0.29) is 0 Å². The third-order valence-corrected chi connectivity index (χ3v) is 4.04. The molecule has 0 aliphatic heterocycles. The van der Waals surface area contributed by atoms with Gasteiger partial charge in [-0.25, -0.2) is 4.98 Å². The smallest absolute Gasteiger partial charge is 0.226 e. The first-order valence-electron chi connectivity index (χ1n) is 7.32. The summed E-state index contributed by atoms with van der Waals surface area (Å²) in [6.45, 7) is 13.7. The first-order valence-corrected chi connectivity index (χ1v) is 8.13. The van der Waals surface area contributed by atoms with Gasteiger partial charge in [0.1, 0.15) is 10.6 Å². The van der Waals surface area contributed by atoms with E-state index in [0.717, 1.165) is 36.2 Å². The number of fused-ring (bicyclic) bond motifs is 1. The van der Waals surface area contributed by atoms with Gasteiger partial charge in [-0.1, -0.05) is 13.8 Å². The van der Waals surface area contributed by atoms with Crippen LogP contribution >= 0.6 is 11.3 Å². The van der Waals surface area contributed by atoms with E-state index in [0.29, 0.717) is 5.92 Å². The molecule has 0 bridgehead atoms. The standard InChI is InChI=1S/C15H24N4S/c1-6-16-15-17-13(19(7-2)9-10(3)4)12-8-11(5)20-14(12)18-15/h8,10H,6-7,9H2,1-5H3,(H,16,17,18). The Labute approximate surface area is 125 Å². The van der Waals surface area contributed by atoms with Crippen molar-refractivity contribution >= 4 is 33.3 Å². The van der Waals surface area contributed by atoms with Crippen LogP contribution in [0, 0.1) is 12.8 Å². The number of nitrogens with one attached hydrogen (secondary N) is 1. The van der Waals surface area contributed by atoms with E-state index < -0.39 is 0 Å². The Morgan fingerprint density at radius 2 is 2.05 bits per heavy atom. The zero-order valence-corrected chi connectivity index (χ0v) is 13.8. The summed E-state index contributed by atoms with van der Waals surface area (Å²) in [5.74, 6) is 2.41. The Morgan fingerprint density at radius 3 is 2.65 bits per heavy atom. The SMILES string of the molecule is CCNc1nc(N(CC)CC(C)C)c2cc(C)sc2n1. The molecule has 0 saturated heterocycles. The van der Waals surface area contributed by atoms with Crippen LogP contribution in [0.1, 0.15) is 32.6 Å². The topological polar surface area (TPSA) is 41.1 Å². The molecule has 0 fully saturated rings. The number of thiophene rings is 1. The molecule has 0 aliphatic rings. The van der Waals surface area contributed by atoms with Crippen molar-refractivity contribution in [2.45, 2.75) is 34.6 Å². The number of aryl methyl sites for hydroxylation is 1. The normalized spacial score (nSPS) is 11.3. The van der Waals surface area contributed by atoms with Gasteiger partial charge in [0.15, 0.2) is 0 Å². The van der Waals surface area contributed by atoms with Gasteiger partial charge in [-0.3, -0.25) is 0 Å². The minimum absolute atomic E-state index is 0.613. The van der Waals surface area contributed by atoms with Gasteiger partial charge in [-0.2, -0.15) is 4.98 Å². The zero-order valence-electron chi connectivity index (χ0n) is 13.0. The van der Waals surface area contributed by atoms with Crippen LogP contribution in [0.2, 0.25) is 0 Å². The molecule has 2 rings (SSSR count). The lowest BCUT2D eigenvalue weighted by molar-refractivity contribution is 0.616. The summed E-state index contributed by atoms with van der Waals surface area (Å²) < 4.78 is 0. The Kier molecular flexibility index (Phi) is 4.81. The highest BCUT2D eigenvalue weighted by atomic mass is 32.1. The molecular weight excluding hydrogens is 268 g/mol. The maximum Gasteiger partial charge on any atom is 0.226 e. The van der Waals surface area contributed by atoms with Gasteiger partial charge in [0, 0.05) is 24.5 Å². The van der Waals surface area contributed by atoms with Crippen molar-refractivity contribution in [1.82, 2.24) is 9.97 Å². The summed E-state index contributed by atoms with van der Waals surface area (Å²) in [4.78, 5) is 14.1. The minimum Gasteiger partial charge on any atom is -0.356 e. The fourth-order valence-corrected chi connectivity index (χ4v) is 3.19. The highest BCUT2D eigenvalue weighted by Gasteiger charge is 2.16. The predicted octanol–water partition coefficient (Wildman–Crippen LogP) is 3.91. The Hall–Kier alpha value is -1.36. The van der Waals surface area contributed by atoms with E-state index >= 15 is 0 Å². The van der Waals surface area contributed by atoms with Crippen LogP contribution in [0.3, 0.4) is 0 Å². The summed E-state index contributed by atoms with van der Waals surface area (Å²) >= 11 is 1.74. The second kappa shape index (κ2) is 6.39. The van der Waals surface area contributed by atoms with E-state index in [4.69, 9.17) is 4.98 Å². The van der Waals surface area contributed by atoms with Crippen molar-refractivity contribution in [3.05, 3.63) is 10.9 Å². The highest BCUT2D eigenvalue weighted by Crippen LogP contribution is 2.32. The van der Waals surface area contributed by atoms with Crippen molar-refractivity contribution < 1.29 is 0 Å². The molecule has 0 spiro atoms. The van der Waals surface area contributed by atoms with Gasteiger partial charge < -0.3 is 10.2 Å². The molecular formula is C15H24N4S. The average molecular weight is 292 g/mol. The molecule has 110 valence electrons. The fourth-order valence-electron chi connectivity index (χ4n) is 2.31. The van der Waals surface area contributed by atoms with Crippen molar-refractivity contribution in [2.75, 3.05) is 29.9 Å². The van der Waals surface area contributed by atoms with Gasteiger partial charge in [0.25, 0.3) is 0 Å². The molecule has 0 unspecified atom stereocenters. The molecule has 20 heavy (non-hydrogen) atoms. The molecule has 0 saturated carbocycles. The van der Waals surface area contributed by atoms with E-state index in [2.05, 4.69) is 55.9 Å². The first-order chi connectivity index (χ1) is 9.55. The monoisotopic (exact) mass is 292 g/mol. The molecule has 5 heteroatoms. The number of nitrogens with zero attached hydrogens (tertiary/aromatic N) is 3. The van der Waals surface area contributed by atoms with E-state index in [9.17, 15) is 0 Å². The van der Waals surface area contributed by atoms with E-state index in [1.54, 1.807) is 11.3 Å². The molecule has 0 aromatic carbocycles. The maximum absolute atomic E-state index is 4.74. The number of anilines is 2. The molecule has 2 aromatic heterocycles. The summed E-state index contributed by atoms with van der Waals surface area (Å²) in [6, 6.07) is 2.20. The van der Waals surface area contributed by atoms with Crippen molar-refractivity contribution in [2.24, 2.45) is 5.92 Å². The number of rotatable bonds is 6. The van der Waals surface area contributed by atoms with Crippen LogP contribution < -0.4 is 10.2 Å². The first kappa shape index (κ1) is 15.0. The summed E-state index contributed by atoms with van der Waals surface area (Å²) in [5.41, 5.74) is 0. The van der Waals surface area contributed by atoms with Gasteiger partial charge in [0.05, 0.1) is 5.39 Å². The highest BCUT2D eigenvalue weighted by molar-refractivity contribution is 7.18. The molecule has 2 aromatic rings. The minimum atomic E-state index is 0.613. The van der Waals surface area contributed by atoms with Crippen LogP contribution in [-0.4, -0.2) is 29.6 Å². The van der Waals surface area contributed by atoms with Crippen molar-refractivity contribution in [1.29, 1.82) is 0 Å². The van der Waals surface area contributed by atoms with Gasteiger partial charge >= 0.3 is 0 Å². The lowest BCUT2D eigenvalue weighted by Gasteiger charge is -2.25. The third-order valence-electron chi connectivity index (χ3n) is 3.10. The second-order valence-corrected chi connectivity index (χ2v) is 6.64. The predicted molar refractivity (Wildman–Crippen MR) is 89.0 cm³/mol. The van der Waals surface area contributed by atoms with Crippen LogP contribution in [0.4, 0.5) is 11.8 Å². The van der Waals surface area contributed by atoms with Crippen LogP contribution in [0.15, 0.2) is 6.07 Å². The fraction of sp³-hybridized carbons (Fsp3) is 0.600. The Balaban J connectivity index is 2.52. The van der Waals surface area contributed by atoms with Crippen molar-refractivity contribution in [3.63, 3.8) is 0 Å². The number of hydrogen-bond acceptors (Lipinski definition) is 5. The molecule has 0 amide bonds. The van der Waals surface area contributed by atoms with Gasteiger partial charge in [-0.15, -0.1) is 11.3 Å². The quantitative estimate of drug-likeness (QED) is 0.876. The molecule has 0 atom stereocenters. The molecule has 4 nitrogen and oxygen atoms in total. The summed E-state index contributed by atoms with van der Waals surface area (Å²) in [6.07, 6.45) is 0.